The van der Waals surface area contributed by atoms with E-state index in [1.54, 1.807) is 7.11 Å². The second kappa shape index (κ2) is 7.64. The zero-order valence-corrected chi connectivity index (χ0v) is 14.3. The average molecular weight is 328 g/mol. The molecule has 1 aliphatic heterocycles. The van der Waals surface area contributed by atoms with Crippen molar-refractivity contribution in [2.75, 3.05) is 33.5 Å². The number of hydrogen-bond acceptors (Lipinski definition) is 4. The van der Waals surface area contributed by atoms with Crippen molar-refractivity contribution in [3.05, 3.63) is 28.8 Å². The van der Waals surface area contributed by atoms with Crippen LogP contribution >= 0.6 is 11.6 Å². The van der Waals surface area contributed by atoms with Gasteiger partial charge in [-0.1, -0.05) is 25.4 Å². The summed E-state index contributed by atoms with van der Waals surface area (Å²) in [7, 11) is 1.67. The number of rotatable bonds is 8. The first kappa shape index (κ1) is 17.5. The Hall–Kier alpha value is -0.810. The van der Waals surface area contributed by atoms with Gasteiger partial charge in [0.25, 0.3) is 0 Å². The minimum Gasteiger partial charge on any atom is -0.496 e. The van der Waals surface area contributed by atoms with Crippen LogP contribution < -0.4 is 10.1 Å². The second-order valence-corrected chi connectivity index (χ2v) is 7.04. The lowest BCUT2D eigenvalue weighted by molar-refractivity contribution is -0.135. The summed E-state index contributed by atoms with van der Waals surface area (Å²) in [6.07, 6.45) is 0.971. The molecule has 1 aromatic carbocycles. The van der Waals surface area contributed by atoms with Crippen LogP contribution in [0.3, 0.4) is 0 Å². The molecule has 0 aliphatic carbocycles. The summed E-state index contributed by atoms with van der Waals surface area (Å²) in [5, 5.41) is 13.9. The first-order valence-corrected chi connectivity index (χ1v) is 8.13. The first-order valence-electron chi connectivity index (χ1n) is 7.75. The Bertz CT molecular complexity index is 483. The standard InChI is InChI=1S/C17H26ClNO3/c1-12(2)6-15(19-8-17(9-20)10-22-11-17)14-7-13(18)4-5-16(14)21-3/h4-5,7,12,15,19-20H,6,8-11H2,1-3H3. The lowest BCUT2D eigenvalue weighted by Gasteiger charge is -2.41. The van der Waals surface area contributed by atoms with E-state index in [0.29, 0.717) is 24.2 Å². The summed E-state index contributed by atoms with van der Waals surface area (Å²) < 4.78 is 10.8. The van der Waals surface area contributed by atoms with Crippen LogP contribution in [0.15, 0.2) is 18.2 Å². The molecule has 1 atom stereocenters. The van der Waals surface area contributed by atoms with Crippen molar-refractivity contribution in [1.82, 2.24) is 5.32 Å². The van der Waals surface area contributed by atoms with Gasteiger partial charge in [-0.3, -0.25) is 0 Å². The average Bonchev–Trinajstić information content (AvgIpc) is 2.45. The third-order valence-electron chi connectivity index (χ3n) is 4.15. The van der Waals surface area contributed by atoms with Gasteiger partial charge >= 0.3 is 0 Å². The maximum absolute atomic E-state index is 9.58. The Kier molecular flexibility index (Phi) is 6.09. The molecular weight excluding hydrogens is 302 g/mol. The minimum absolute atomic E-state index is 0.137. The van der Waals surface area contributed by atoms with Crippen molar-refractivity contribution < 1.29 is 14.6 Å². The quantitative estimate of drug-likeness (QED) is 0.770. The maximum atomic E-state index is 9.58. The summed E-state index contributed by atoms with van der Waals surface area (Å²) in [5.74, 6) is 1.37. The number of aliphatic hydroxyl groups is 1. The fraction of sp³-hybridized carbons (Fsp3) is 0.647. The molecule has 2 N–H and O–H groups in total. The monoisotopic (exact) mass is 327 g/mol. The van der Waals surface area contributed by atoms with Gasteiger partial charge in [0.2, 0.25) is 0 Å². The second-order valence-electron chi connectivity index (χ2n) is 6.60. The highest BCUT2D eigenvalue weighted by molar-refractivity contribution is 6.30. The van der Waals surface area contributed by atoms with Crippen molar-refractivity contribution in [3.63, 3.8) is 0 Å². The number of halogens is 1. The molecule has 0 bridgehead atoms. The lowest BCUT2D eigenvalue weighted by Crippen LogP contribution is -2.52. The van der Waals surface area contributed by atoms with E-state index >= 15 is 0 Å². The van der Waals surface area contributed by atoms with Crippen LogP contribution in [0.2, 0.25) is 5.02 Å². The highest BCUT2D eigenvalue weighted by Crippen LogP contribution is 2.33. The Labute approximate surface area is 137 Å². The molecule has 1 heterocycles. The predicted molar refractivity (Wildman–Crippen MR) is 88.5 cm³/mol. The lowest BCUT2D eigenvalue weighted by atomic mass is 9.86. The number of hydrogen-bond donors (Lipinski definition) is 2. The van der Waals surface area contributed by atoms with E-state index in [1.807, 2.05) is 18.2 Å². The van der Waals surface area contributed by atoms with E-state index < -0.39 is 0 Å². The smallest absolute Gasteiger partial charge is 0.123 e. The van der Waals surface area contributed by atoms with E-state index in [9.17, 15) is 5.11 Å². The predicted octanol–water partition coefficient (Wildman–Crippen LogP) is 3.03. The number of methoxy groups -OCH3 is 1. The third-order valence-corrected chi connectivity index (χ3v) is 4.38. The zero-order chi connectivity index (χ0) is 16.2. The Morgan fingerprint density at radius 3 is 2.64 bits per heavy atom. The van der Waals surface area contributed by atoms with E-state index in [2.05, 4.69) is 19.2 Å². The van der Waals surface area contributed by atoms with Crippen LogP contribution in [0, 0.1) is 11.3 Å². The van der Waals surface area contributed by atoms with Gasteiger partial charge in [0.15, 0.2) is 0 Å². The summed E-state index contributed by atoms with van der Waals surface area (Å²) in [5.41, 5.74) is 0.915. The summed E-state index contributed by atoms with van der Waals surface area (Å²) in [4.78, 5) is 0. The van der Waals surface area contributed by atoms with Gasteiger partial charge in [0.05, 0.1) is 32.3 Å². The van der Waals surface area contributed by atoms with Gasteiger partial charge in [0, 0.05) is 23.2 Å². The minimum atomic E-state index is -0.152. The van der Waals surface area contributed by atoms with Gasteiger partial charge in [-0.05, 0) is 30.5 Å². The molecule has 0 radical (unpaired) electrons. The van der Waals surface area contributed by atoms with E-state index in [0.717, 1.165) is 24.3 Å². The first-order chi connectivity index (χ1) is 10.5. The maximum Gasteiger partial charge on any atom is 0.123 e. The molecular formula is C17H26ClNO3. The van der Waals surface area contributed by atoms with Crippen LogP contribution in [0.5, 0.6) is 5.75 Å². The fourth-order valence-corrected chi connectivity index (χ4v) is 2.93. The van der Waals surface area contributed by atoms with E-state index in [-0.39, 0.29) is 18.1 Å². The van der Waals surface area contributed by atoms with E-state index in [1.165, 1.54) is 0 Å². The molecule has 124 valence electrons. The summed E-state index contributed by atoms with van der Waals surface area (Å²) >= 11 is 6.17. The Morgan fingerprint density at radius 1 is 1.41 bits per heavy atom. The number of benzene rings is 1. The van der Waals surface area contributed by atoms with Gasteiger partial charge in [0.1, 0.15) is 5.75 Å². The topological polar surface area (TPSA) is 50.7 Å². The van der Waals surface area contributed by atoms with E-state index in [4.69, 9.17) is 21.1 Å². The molecule has 0 spiro atoms. The molecule has 0 aromatic heterocycles. The molecule has 1 saturated heterocycles. The molecule has 0 saturated carbocycles. The molecule has 1 aromatic rings. The zero-order valence-electron chi connectivity index (χ0n) is 13.6. The largest absolute Gasteiger partial charge is 0.496 e. The van der Waals surface area contributed by atoms with Crippen LogP contribution in [0.1, 0.15) is 31.9 Å². The Morgan fingerprint density at radius 2 is 2.14 bits per heavy atom. The number of aliphatic hydroxyl groups excluding tert-OH is 1. The van der Waals surface area contributed by atoms with Crippen LogP contribution in [-0.2, 0) is 4.74 Å². The highest BCUT2D eigenvalue weighted by atomic mass is 35.5. The molecule has 1 fully saturated rings. The van der Waals surface area contributed by atoms with Crippen molar-refractivity contribution in [2.24, 2.45) is 11.3 Å². The molecule has 1 unspecified atom stereocenters. The van der Waals surface area contributed by atoms with Crippen molar-refractivity contribution in [1.29, 1.82) is 0 Å². The van der Waals surface area contributed by atoms with Gasteiger partial charge in [-0.15, -0.1) is 0 Å². The van der Waals surface area contributed by atoms with Gasteiger partial charge < -0.3 is 19.9 Å². The van der Waals surface area contributed by atoms with Crippen molar-refractivity contribution in [2.45, 2.75) is 26.3 Å². The number of ether oxygens (including phenoxy) is 2. The molecule has 2 rings (SSSR count). The number of nitrogens with one attached hydrogen (secondary N) is 1. The fourth-order valence-electron chi connectivity index (χ4n) is 2.75. The van der Waals surface area contributed by atoms with Gasteiger partial charge in [-0.2, -0.15) is 0 Å². The molecule has 5 heteroatoms. The Balaban J connectivity index is 2.16. The van der Waals surface area contributed by atoms with Crippen molar-refractivity contribution >= 4 is 11.6 Å². The van der Waals surface area contributed by atoms with Crippen LogP contribution in [0.4, 0.5) is 0 Å². The summed E-state index contributed by atoms with van der Waals surface area (Å²) in [6.45, 7) is 6.47. The summed E-state index contributed by atoms with van der Waals surface area (Å²) in [6, 6.07) is 5.84. The van der Waals surface area contributed by atoms with Gasteiger partial charge in [-0.25, -0.2) is 0 Å². The normalized spacial score (nSPS) is 18.1. The molecule has 1 aliphatic rings. The van der Waals surface area contributed by atoms with Crippen LogP contribution in [-0.4, -0.2) is 38.6 Å². The van der Waals surface area contributed by atoms with Crippen molar-refractivity contribution in [3.8, 4) is 5.75 Å². The highest BCUT2D eigenvalue weighted by Gasteiger charge is 2.38. The molecule has 0 amide bonds. The molecule has 22 heavy (non-hydrogen) atoms. The SMILES string of the molecule is COc1ccc(Cl)cc1C(CC(C)C)NCC1(CO)COC1. The van der Waals surface area contributed by atoms with Crippen LogP contribution in [0.25, 0.3) is 0 Å². The third kappa shape index (κ3) is 4.13. The molecule has 4 nitrogen and oxygen atoms in total.